The number of nitrogens with zero attached hydrogens (tertiary/aromatic N) is 1. The molecule has 0 radical (unpaired) electrons. The molecule has 0 bridgehead atoms. The zero-order valence-corrected chi connectivity index (χ0v) is 21.0. The van der Waals surface area contributed by atoms with Gasteiger partial charge in [-0.2, -0.15) is 4.31 Å². The van der Waals surface area contributed by atoms with Gasteiger partial charge in [-0.25, -0.2) is 12.8 Å². The number of morpholine rings is 1. The van der Waals surface area contributed by atoms with E-state index in [-0.39, 0.29) is 11.6 Å². The largest absolute Gasteiger partial charge is 0.494 e. The summed E-state index contributed by atoms with van der Waals surface area (Å²) in [7, 11) is -1.73. The average Bonchev–Trinajstić information content (AvgIpc) is 3.32. The molecule has 2 aromatic rings. The van der Waals surface area contributed by atoms with E-state index in [9.17, 15) is 12.8 Å². The molecule has 1 heterocycles. The van der Waals surface area contributed by atoms with Gasteiger partial charge in [0.1, 0.15) is 0 Å². The van der Waals surface area contributed by atoms with Gasteiger partial charge in [-0.3, -0.25) is 0 Å². The molecule has 4 rings (SSSR count). The summed E-state index contributed by atoms with van der Waals surface area (Å²) >= 11 is 0. The van der Waals surface area contributed by atoms with Gasteiger partial charge in [0.2, 0.25) is 10.0 Å². The van der Waals surface area contributed by atoms with Gasteiger partial charge < -0.3 is 9.47 Å². The Morgan fingerprint density at radius 1 is 1.12 bits per heavy atom. The van der Waals surface area contributed by atoms with E-state index in [1.165, 1.54) is 31.6 Å². The number of halogens is 1. The lowest BCUT2D eigenvalue weighted by Gasteiger charge is -2.26. The molecule has 2 aromatic carbocycles. The van der Waals surface area contributed by atoms with Crippen molar-refractivity contribution in [2.75, 3.05) is 39.2 Å². The second-order valence-electron chi connectivity index (χ2n) is 9.73. The Hall–Kier alpha value is -1.96. The molecule has 0 spiro atoms. The monoisotopic (exact) mass is 489 g/mol. The molecule has 0 amide bonds. The molecule has 1 unspecified atom stereocenters. The van der Waals surface area contributed by atoms with Gasteiger partial charge in [0.05, 0.1) is 26.1 Å². The lowest BCUT2D eigenvalue weighted by molar-refractivity contribution is 0.0730. The predicted molar refractivity (Wildman–Crippen MR) is 132 cm³/mol. The van der Waals surface area contributed by atoms with Crippen molar-refractivity contribution in [2.45, 2.75) is 50.9 Å². The minimum absolute atomic E-state index is 0.143. The van der Waals surface area contributed by atoms with Crippen LogP contribution >= 0.6 is 0 Å². The smallest absolute Gasteiger partial charge is 0.214 e. The third-order valence-corrected chi connectivity index (χ3v) is 9.31. The highest BCUT2D eigenvalue weighted by Crippen LogP contribution is 2.42. The number of benzene rings is 2. The molecular weight excluding hydrogens is 453 g/mol. The zero-order chi connectivity index (χ0) is 24.1. The van der Waals surface area contributed by atoms with Gasteiger partial charge >= 0.3 is 0 Å². The lowest BCUT2D eigenvalue weighted by atomic mass is 9.88. The predicted octanol–water partition coefficient (Wildman–Crippen LogP) is 5.12. The van der Waals surface area contributed by atoms with Crippen LogP contribution in [0.15, 0.2) is 42.5 Å². The molecule has 1 aliphatic carbocycles. The van der Waals surface area contributed by atoms with Crippen LogP contribution in [0.1, 0.15) is 61.1 Å². The first-order valence-electron chi connectivity index (χ1n) is 12.3. The minimum Gasteiger partial charge on any atom is -0.494 e. The van der Waals surface area contributed by atoms with Crippen molar-refractivity contribution in [3.05, 3.63) is 65.0 Å². The SMILES string of the molecule is COc1cc([C@@H](C)CC2CC[C@@H](c3ccc(CCS(=O)(=O)N4CCOCC4)cc3)C2)ccc1F. The average molecular weight is 490 g/mol. The highest BCUT2D eigenvalue weighted by atomic mass is 32.2. The summed E-state index contributed by atoms with van der Waals surface area (Å²) < 4.78 is 50.8. The Bertz CT molecular complexity index is 1050. The molecule has 34 heavy (non-hydrogen) atoms. The maximum Gasteiger partial charge on any atom is 0.214 e. The van der Waals surface area contributed by atoms with Crippen molar-refractivity contribution >= 4 is 10.0 Å². The Morgan fingerprint density at radius 3 is 2.56 bits per heavy atom. The number of ether oxygens (including phenoxy) is 2. The lowest BCUT2D eigenvalue weighted by Crippen LogP contribution is -2.42. The fourth-order valence-corrected chi connectivity index (χ4v) is 6.83. The molecule has 3 atom stereocenters. The molecule has 2 fully saturated rings. The van der Waals surface area contributed by atoms with Crippen LogP contribution in [-0.2, 0) is 21.2 Å². The fraction of sp³-hybridized carbons (Fsp3) is 0.556. The Kier molecular flexibility index (Phi) is 8.27. The second kappa shape index (κ2) is 11.2. The van der Waals surface area contributed by atoms with Crippen LogP contribution in [0.3, 0.4) is 0 Å². The fourth-order valence-electron chi connectivity index (χ4n) is 5.37. The van der Waals surface area contributed by atoms with E-state index in [4.69, 9.17) is 9.47 Å². The van der Waals surface area contributed by atoms with Crippen LogP contribution in [0.4, 0.5) is 4.39 Å². The van der Waals surface area contributed by atoms with Gasteiger partial charge in [-0.05, 0) is 78.7 Å². The molecule has 0 N–H and O–H groups in total. The van der Waals surface area contributed by atoms with E-state index in [1.807, 2.05) is 12.1 Å². The number of methoxy groups -OCH3 is 1. The van der Waals surface area contributed by atoms with E-state index < -0.39 is 10.0 Å². The van der Waals surface area contributed by atoms with Gasteiger partial charge in [0.25, 0.3) is 0 Å². The number of hydrogen-bond acceptors (Lipinski definition) is 4. The van der Waals surface area contributed by atoms with E-state index in [1.54, 1.807) is 4.31 Å². The Morgan fingerprint density at radius 2 is 1.85 bits per heavy atom. The molecule has 1 saturated carbocycles. The van der Waals surface area contributed by atoms with Crippen molar-refractivity contribution in [3.8, 4) is 5.75 Å². The second-order valence-corrected chi connectivity index (χ2v) is 11.8. The highest BCUT2D eigenvalue weighted by molar-refractivity contribution is 7.89. The molecule has 186 valence electrons. The summed E-state index contributed by atoms with van der Waals surface area (Å²) in [4.78, 5) is 0. The first-order chi connectivity index (χ1) is 16.4. The number of aryl methyl sites for hydroxylation is 1. The molecular formula is C27H36FNO4S. The van der Waals surface area contributed by atoms with Crippen LogP contribution in [0.25, 0.3) is 0 Å². The van der Waals surface area contributed by atoms with Crippen LogP contribution in [-0.4, -0.2) is 51.9 Å². The van der Waals surface area contributed by atoms with Crippen LogP contribution in [0.2, 0.25) is 0 Å². The van der Waals surface area contributed by atoms with E-state index in [0.717, 1.165) is 24.0 Å². The maximum absolute atomic E-state index is 13.7. The van der Waals surface area contributed by atoms with Crippen molar-refractivity contribution in [1.82, 2.24) is 4.31 Å². The highest BCUT2D eigenvalue weighted by Gasteiger charge is 2.28. The summed E-state index contributed by atoms with van der Waals surface area (Å²) in [6, 6.07) is 13.7. The topological polar surface area (TPSA) is 55.8 Å². The quantitative estimate of drug-likeness (QED) is 0.491. The summed E-state index contributed by atoms with van der Waals surface area (Å²) in [5.41, 5.74) is 3.53. The number of sulfonamides is 1. The maximum atomic E-state index is 13.7. The van der Waals surface area contributed by atoms with E-state index in [2.05, 4.69) is 31.2 Å². The number of rotatable bonds is 9. The van der Waals surface area contributed by atoms with Crippen LogP contribution in [0, 0.1) is 11.7 Å². The third kappa shape index (κ3) is 6.18. The number of hydrogen-bond donors (Lipinski definition) is 0. The van der Waals surface area contributed by atoms with Crippen molar-refractivity contribution in [2.24, 2.45) is 5.92 Å². The summed E-state index contributed by atoms with van der Waals surface area (Å²) in [6.45, 7) is 4.08. The Balaban J connectivity index is 1.28. The zero-order valence-electron chi connectivity index (χ0n) is 20.2. The van der Waals surface area contributed by atoms with Gasteiger partial charge in [-0.15, -0.1) is 0 Å². The van der Waals surface area contributed by atoms with Crippen LogP contribution < -0.4 is 4.74 Å². The van der Waals surface area contributed by atoms with Crippen molar-refractivity contribution in [3.63, 3.8) is 0 Å². The van der Waals surface area contributed by atoms with Gasteiger partial charge in [0, 0.05) is 13.1 Å². The Labute approximate surface area is 203 Å². The first-order valence-corrected chi connectivity index (χ1v) is 13.9. The summed E-state index contributed by atoms with van der Waals surface area (Å²) in [5, 5.41) is 0. The molecule has 1 saturated heterocycles. The summed E-state index contributed by atoms with van der Waals surface area (Å²) in [6.07, 6.45) is 5.16. The third-order valence-electron chi connectivity index (χ3n) is 7.44. The summed E-state index contributed by atoms with van der Waals surface area (Å²) in [5.74, 6) is 1.69. The molecule has 0 aromatic heterocycles. The molecule has 2 aliphatic rings. The molecule has 1 aliphatic heterocycles. The standard InChI is InChI=1S/C27H36FNO4S/c1-20(24-9-10-26(28)27(19-24)32-2)17-22-5-8-25(18-22)23-6-3-21(4-7-23)11-16-34(30,31)29-12-14-33-15-13-29/h3-4,6-7,9-10,19-20,22,25H,5,8,11-18H2,1-2H3/t20-,22?,25+/m0/s1. The normalized spacial score (nSPS) is 22.6. The van der Waals surface area contributed by atoms with E-state index >= 15 is 0 Å². The molecule has 5 nitrogen and oxygen atoms in total. The van der Waals surface area contributed by atoms with Gasteiger partial charge in [0.15, 0.2) is 11.6 Å². The van der Waals surface area contributed by atoms with Crippen molar-refractivity contribution < 1.29 is 22.3 Å². The molecule has 7 heteroatoms. The first kappa shape index (κ1) is 25.1. The van der Waals surface area contributed by atoms with Crippen molar-refractivity contribution in [1.29, 1.82) is 0 Å². The van der Waals surface area contributed by atoms with E-state index in [0.29, 0.717) is 56.2 Å². The van der Waals surface area contributed by atoms with Crippen LogP contribution in [0.5, 0.6) is 5.75 Å². The minimum atomic E-state index is -3.23. The van der Waals surface area contributed by atoms with Gasteiger partial charge in [-0.1, -0.05) is 37.3 Å².